The van der Waals surface area contributed by atoms with Gasteiger partial charge in [0.15, 0.2) is 0 Å². The van der Waals surface area contributed by atoms with Crippen LogP contribution in [-0.4, -0.2) is 26.3 Å². The van der Waals surface area contributed by atoms with Crippen LogP contribution in [-0.2, 0) is 6.61 Å². The van der Waals surface area contributed by atoms with Crippen molar-refractivity contribution in [3.63, 3.8) is 0 Å². The molecule has 104 valence electrons. The summed E-state index contributed by atoms with van der Waals surface area (Å²) in [6, 6.07) is 7.71. The number of ether oxygens (including phenoxy) is 1. The van der Waals surface area contributed by atoms with Gasteiger partial charge in [-0.3, -0.25) is 0 Å². The van der Waals surface area contributed by atoms with Crippen molar-refractivity contribution in [1.82, 2.24) is 14.6 Å². The lowest BCUT2D eigenvalue weighted by atomic mass is 10.1. The monoisotopic (exact) mass is 289 g/mol. The highest BCUT2D eigenvalue weighted by molar-refractivity contribution is 7.16. The van der Waals surface area contributed by atoms with E-state index in [0.717, 1.165) is 27.0 Å². The SMILES string of the molecule is CCOc1ccc(-c2nc3sc(C)nn3c2CO)cc1. The van der Waals surface area contributed by atoms with E-state index < -0.39 is 0 Å². The van der Waals surface area contributed by atoms with Crippen LogP contribution in [0.1, 0.15) is 17.6 Å². The third-order valence-electron chi connectivity index (χ3n) is 2.99. The Morgan fingerprint density at radius 2 is 2.05 bits per heavy atom. The molecule has 1 aromatic carbocycles. The molecule has 3 rings (SSSR count). The van der Waals surface area contributed by atoms with Crippen LogP contribution in [0.25, 0.3) is 16.2 Å². The van der Waals surface area contributed by atoms with Gasteiger partial charge < -0.3 is 9.84 Å². The van der Waals surface area contributed by atoms with Crippen LogP contribution in [0.2, 0.25) is 0 Å². The molecule has 0 radical (unpaired) electrons. The van der Waals surface area contributed by atoms with Crippen LogP contribution in [0, 0.1) is 6.92 Å². The van der Waals surface area contributed by atoms with E-state index >= 15 is 0 Å². The first kappa shape index (κ1) is 13.1. The average molecular weight is 289 g/mol. The van der Waals surface area contributed by atoms with Crippen LogP contribution < -0.4 is 4.74 Å². The standard InChI is InChI=1S/C14H15N3O2S/c1-3-19-11-6-4-10(5-7-11)13-12(8-18)17-14(15-13)20-9(2)16-17/h4-7,18H,3,8H2,1-2H3. The summed E-state index contributed by atoms with van der Waals surface area (Å²) in [7, 11) is 0. The van der Waals surface area contributed by atoms with Crippen molar-refractivity contribution in [3.8, 4) is 17.0 Å². The van der Waals surface area contributed by atoms with E-state index in [2.05, 4.69) is 10.1 Å². The number of aryl methyl sites for hydroxylation is 1. The van der Waals surface area contributed by atoms with Crippen molar-refractivity contribution >= 4 is 16.3 Å². The Hall–Kier alpha value is -1.92. The number of hydrogen-bond donors (Lipinski definition) is 1. The molecule has 2 heterocycles. The van der Waals surface area contributed by atoms with E-state index in [4.69, 9.17) is 4.74 Å². The van der Waals surface area contributed by atoms with E-state index in [1.807, 2.05) is 38.1 Å². The van der Waals surface area contributed by atoms with Gasteiger partial charge in [-0.25, -0.2) is 9.50 Å². The second kappa shape index (κ2) is 5.22. The van der Waals surface area contributed by atoms with Gasteiger partial charge in [0.05, 0.1) is 24.6 Å². The highest BCUT2D eigenvalue weighted by atomic mass is 32.1. The van der Waals surface area contributed by atoms with Crippen molar-refractivity contribution in [3.05, 3.63) is 35.0 Å². The minimum Gasteiger partial charge on any atom is -0.494 e. The molecule has 2 aromatic heterocycles. The molecular weight excluding hydrogens is 274 g/mol. The van der Waals surface area contributed by atoms with Crippen LogP contribution in [0.5, 0.6) is 5.75 Å². The quantitative estimate of drug-likeness (QED) is 0.802. The highest BCUT2D eigenvalue weighted by Crippen LogP contribution is 2.28. The number of hydrogen-bond acceptors (Lipinski definition) is 5. The maximum Gasteiger partial charge on any atom is 0.213 e. The molecule has 0 aliphatic heterocycles. The van der Waals surface area contributed by atoms with Crippen LogP contribution in [0.4, 0.5) is 0 Å². The van der Waals surface area contributed by atoms with E-state index in [1.54, 1.807) is 4.52 Å². The predicted molar refractivity (Wildman–Crippen MR) is 78.1 cm³/mol. The number of rotatable bonds is 4. The maximum absolute atomic E-state index is 9.59. The largest absolute Gasteiger partial charge is 0.494 e. The van der Waals surface area contributed by atoms with Crippen LogP contribution in [0.15, 0.2) is 24.3 Å². The molecule has 3 aromatic rings. The molecule has 6 heteroatoms. The normalized spacial score (nSPS) is 11.2. The topological polar surface area (TPSA) is 59.7 Å². The number of fused-ring (bicyclic) bond motifs is 1. The fraction of sp³-hybridized carbons (Fsp3) is 0.286. The first-order chi connectivity index (χ1) is 9.72. The molecule has 0 unspecified atom stereocenters. The lowest BCUT2D eigenvalue weighted by molar-refractivity contribution is 0.275. The van der Waals surface area contributed by atoms with Crippen molar-refractivity contribution < 1.29 is 9.84 Å². The summed E-state index contributed by atoms with van der Waals surface area (Å²) in [6.45, 7) is 4.43. The van der Waals surface area contributed by atoms with Crippen molar-refractivity contribution in [2.75, 3.05) is 6.61 Å². The summed E-state index contributed by atoms with van der Waals surface area (Å²) in [5.74, 6) is 0.830. The lowest BCUT2D eigenvalue weighted by Crippen LogP contribution is -1.96. The van der Waals surface area contributed by atoms with Crippen molar-refractivity contribution in [2.45, 2.75) is 20.5 Å². The van der Waals surface area contributed by atoms with E-state index in [1.165, 1.54) is 11.3 Å². The average Bonchev–Trinajstić information content (AvgIpc) is 2.95. The number of aliphatic hydroxyl groups is 1. The Labute approximate surface area is 120 Å². The number of aromatic nitrogens is 3. The molecule has 0 saturated carbocycles. The summed E-state index contributed by atoms with van der Waals surface area (Å²) in [6.07, 6.45) is 0. The predicted octanol–water partition coefficient (Wildman–Crippen LogP) is 2.66. The fourth-order valence-corrected chi connectivity index (χ4v) is 2.90. The zero-order valence-corrected chi connectivity index (χ0v) is 12.1. The number of aliphatic hydroxyl groups excluding tert-OH is 1. The maximum atomic E-state index is 9.59. The lowest BCUT2D eigenvalue weighted by Gasteiger charge is -2.04. The Kier molecular flexibility index (Phi) is 3.42. The van der Waals surface area contributed by atoms with Crippen molar-refractivity contribution in [2.24, 2.45) is 0 Å². The summed E-state index contributed by atoms with van der Waals surface area (Å²) in [4.78, 5) is 5.37. The van der Waals surface area contributed by atoms with Crippen LogP contribution in [0.3, 0.4) is 0 Å². The zero-order chi connectivity index (χ0) is 14.1. The minimum absolute atomic E-state index is 0.0904. The smallest absolute Gasteiger partial charge is 0.213 e. The van der Waals surface area contributed by atoms with Gasteiger partial charge in [-0.1, -0.05) is 11.3 Å². The molecule has 20 heavy (non-hydrogen) atoms. The molecule has 5 nitrogen and oxygen atoms in total. The van der Waals surface area contributed by atoms with Crippen molar-refractivity contribution in [1.29, 1.82) is 0 Å². The fourth-order valence-electron chi connectivity index (χ4n) is 2.13. The first-order valence-electron chi connectivity index (χ1n) is 6.42. The second-order valence-corrected chi connectivity index (χ2v) is 5.50. The van der Waals surface area contributed by atoms with Crippen LogP contribution >= 0.6 is 11.3 Å². The van der Waals surface area contributed by atoms with Gasteiger partial charge in [-0.15, -0.1) is 0 Å². The van der Waals surface area contributed by atoms with Gasteiger partial charge in [-0.05, 0) is 38.1 Å². The molecular formula is C14H15N3O2S. The van der Waals surface area contributed by atoms with E-state index in [9.17, 15) is 5.11 Å². The Morgan fingerprint density at radius 3 is 2.70 bits per heavy atom. The molecule has 0 bridgehead atoms. The van der Waals surface area contributed by atoms with E-state index in [-0.39, 0.29) is 6.61 Å². The molecule has 1 N–H and O–H groups in total. The zero-order valence-electron chi connectivity index (χ0n) is 11.3. The molecule has 0 aliphatic carbocycles. The van der Waals surface area contributed by atoms with Gasteiger partial charge in [0, 0.05) is 5.56 Å². The summed E-state index contributed by atoms with van der Waals surface area (Å²) in [5, 5.41) is 14.9. The van der Waals surface area contributed by atoms with Gasteiger partial charge in [0.25, 0.3) is 0 Å². The Morgan fingerprint density at radius 1 is 1.30 bits per heavy atom. The number of imidazole rings is 1. The molecule has 0 amide bonds. The van der Waals surface area contributed by atoms with Gasteiger partial charge >= 0.3 is 0 Å². The van der Waals surface area contributed by atoms with Gasteiger partial charge in [0.2, 0.25) is 4.96 Å². The number of nitrogens with zero attached hydrogens (tertiary/aromatic N) is 3. The molecule has 0 aliphatic rings. The molecule has 0 fully saturated rings. The minimum atomic E-state index is -0.0904. The highest BCUT2D eigenvalue weighted by Gasteiger charge is 2.16. The Balaban J connectivity index is 2.06. The summed E-state index contributed by atoms with van der Waals surface area (Å²) < 4.78 is 7.14. The summed E-state index contributed by atoms with van der Waals surface area (Å²) >= 11 is 1.51. The molecule has 0 atom stereocenters. The van der Waals surface area contributed by atoms with Gasteiger partial charge in [-0.2, -0.15) is 5.10 Å². The third kappa shape index (κ3) is 2.17. The summed E-state index contributed by atoms with van der Waals surface area (Å²) in [5.41, 5.74) is 2.44. The molecule has 0 spiro atoms. The van der Waals surface area contributed by atoms with E-state index in [0.29, 0.717) is 12.3 Å². The molecule has 0 saturated heterocycles. The number of benzene rings is 1. The Bertz CT molecular complexity index is 731. The first-order valence-corrected chi connectivity index (χ1v) is 7.23. The third-order valence-corrected chi connectivity index (χ3v) is 3.81. The second-order valence-electron chi connectivity index (χ2n) is 4.34. The van der Waals surface area contributed by atoms with Gasteiger partial charge in [0.1, 0.15) is 10.8 Å².